The van der Waals surface area contributed by atoms with Crippen LogP contribution in [0.15, 0.2) is 73.6 Å². The van der Waals surface area contributed by atoms with Crippen LogP contribution >= 0.6 is 0 Å². The van der Waals surface area contributed by atoms with E-state index < -0.39 is 0 Å². The van der Waals surface area contributed by atoms with Crippen LogP contribution in [0, 0.1) is 0 Å². The highest BCUT2D eigenvalue weighted by Gasteiger charge is 2.12. The van der Waals surface area contributed by atoms with Crippen molar-refractivity contribution in [2.45, 2.75) is 6.54 Å². The molecule has 0 bridgehead atoms. The average Bonchev–Trinajstić information content (AvgIpc) is 3.09. The number of esters is 1. The van der Waals surface area contributed by atoms with Crippen LogP contribution in [0.25, 0.3) is 5.57 Å². The Labute approximate surface area is 141 Å². The summed E-state index contributed by atoms with van der Waals surface area (Å²) in [5, 5.41) is 0. The van der Waals surface area contributed by atoms with Crippen molar-refractivity contribution in [3.63, 3.8) is 0 Å². The highest BCUT2D eigenvalue weighted by Crippen LogP contribution is 2.22. The molecule has 0 aliphatic carbocycles. The van der Waals surface area contributed by atoms with Crippen molar-refractivity contribution in [3.05, 3.63) is 96.1 Å². The molecule has 0 saturated carbocycles. The summed E-state index contributed by atoms with van der Waals surface area (Å²) in [6.45, 7) is 4.87. The fourth-order valence-corrected chi connectivity index (χ4v) is 2.57. The number of ether oxygens (including phenoxy) is 1. The van der Waals surface area contributed by atoms with Gasteiger partial charge in [0, 0.05) is 24.5 Å². The molecule has 0 fully saturated rings. The number of hydrogen-bond donors (Lipinski definition) is 0. The van der Waals surface area contributed by atoms with Gasteiger partial charge < -0.3 is 9.30 Å². The third kappa shape index (κ3) is 3.27. The van der Waals surface area contributed by atoms with Crippen molar-refractivity contribution in [2.75, 3.05) is 7.11 Å². The first-order valence-corrected chi connectivity index (χ1v) is 7.62. The molecule has 0 radical (unpaired) electrons. The van der Waals surface area contributed by atoms with Gasteiger partial charge in [0.05, 0.1) is 12.7 Å². The Morgan fingerprint density at radius 3 is 2.62 bits per heavy atom. The van der Waals surface area contributed by atoms with Gasteiger partial charge in [0.25, 0.3) is 0 Å². The molecule has 120 valence electrons. The number of nitrogens with zero attached hydrogens (tertiary/aromatic N) is 2. The molecule has 0 aliphatic rings. The summed E-state index contributed by atoms with van der Waals surface area (Å²) in [5.74, 6) is 0.415. The molecule has 0 saturated heterocycles. The lowest BCUT2D eigenvalue weighted by molar-refractivity contribution is 0.0600. The molecule has 4 heteroatoms. The topological polar surface area (TPSA) is 44.1 Å². The van der Waals surface area contributed by atoms with Crippen molar-refractivity contribution in [1.29, 1.82) is 0 Å². The number of benzene rings is 2. The van der Waals surface area contributed by atoms with Crippen LogP contribution in [-0.2, 0) is 11.3 Å². The predicted octanol–water partition coefficient (Wildman–Crippen LogP) is 3.78. The summed E-state index contributed by atoms with van der Waals surface area (Å²) in [4.78, 5) is 16.1. The van der Waals surface area contributed by atoms with Gasteiger partial charge in [-0.2, -0.15) is 0 Å². The second-order valence-electron chi connectivity index (χ2n) is 5.42. The molecule has 3 aromatic rings. The minimum atomic E-state index is -0.364. The van der Waals surface area contributed by atoms with Crippen molar-refractivity contribution >= 4 is 11.5 Å². The smallest absolute Gasteiger partial charge is 0.337 e. The van der Waals surface area contributed by atoms with Gasteiger partial charge in [-0.05, 0) is 23.3 Å². The molecule has 0 amide bonds. The van der Waals surface area contributed by atoms with E-state index in [2.05, 4.69) is 23.7 Å². The lowest BCUT2D eigenvalue weighted by atomic mass is 10.0. The molecule has 0 aliphatic heterocycles. The highest BCUT2D eigenvalue weighted by atomic mass is 16.5. The van der Waals surface area contributed by atoms with Crippen LogP contribution in [0.4, 0.5) is 0 Å². The lowest BCUT2D eigenvalue weighted by Gasteiger charge is -2.11. The molecule has 1 heterocycles. The van der Waals surface area contributed by atoms with Crippen molar-refractivity contribution < 1.29 is 9.53 Å². The minimum Gasteiger partial charge on any atom is -0.465 e. The Hall–Kier alpha value is -3.14. The van der Waals surface area contributed by atoms with E-state index in [-0.39, 0.29) is 5.97 Å². The van der Waals surface area contributed by atoms with Crippen molar-refractivity contribution in [1.82, 2.24) is 9.55 Å². The SMILES string of the molecule is C=C(c1cccc(C(=O)OC)c1)c1nccn1Cc1ccccc1. The predicted molar refractivity (Wildman–Crippen MR) is 93.7 cm³/mol. The summed E-state index contributed by atoms with van der Waals surface area (Å²) >= 11 is 0. The van der Waals surface area contributed by atoms with Gasteiger partial charge in [-0.25, -0.2) is 9.78 Å². The lowest BCUT2D eigenvalue weighted by Crippen LogP contribution is -2.05. The molecule has 0 N–H and O–H groups in total. The van der Waals surface area contributed by atoms with Gasteiger partial charge in [-0.3, -0.25) is 0 Å². The van der Waals surface area contributed by atoms with Crippen LogP contribution in [-0.4, -0.2) is 22.6 Å². The zero-order valence-corrected chi connectivity index (χ0v) is 13.5. The van der Waals surface area contributed by atoms with E-state index in [1.165, 1.54) is 12.7 Å². The molecule has 0 unspecified atom stereocenters. The summed E-state index contributed by atoms with van der Waals surface area (Å²) in [5.41, 5.74) is 3.30. The number of carbonyl (C=O) groups excluding carboxylic acids is 1. The quantitative estimate of drug-likeness (QED) is 0.673. The Balaban J connectivity index is 1.89. The van der Waals surface area contributed by atoms with Crippen molar-refractivity contribution in [2.24, 2.45) is 0 Å². The minimum absolute atomic E-state index is 0.364. The van der Waals surface area contributed by atoms with E-state index in [4.69, 9.17) is 4.74 Å². The number of aromatic nitrogens is 2. The second kappa shape index (κ2) is 6.96. The molecular formula is C20H18N2O2. The first-order chi connectivity index (χ1) is 11.7. The largest absolute Gasteiger partial charge is 0.465 e. The molecule has 4 nitrogen and oxygen atoms in total. The van der Waals surface area contributed by atoms with E-state index in [1.54, 1.807) is 18.3 Å². The van der Waals surface area contributed by atoms with Crippen LogP contribution in [0.2, 0.25) is 0 Å². The van der Waals surface area contributed by atoms with Gasteiger partial charge in [0.15, 0.2) is 0 Å². The van der Waals surface area contributed by atoms with Gasteiger partial charge in [0.1, 0.15) is 5.82 Å². The van der Waals surface area contributed by atoms with Gasteiger partial charge in [-0.15, -0.1) is 0 Å². The third-order valence-corrected chi connectivity index (χ3v) is 3.81. The van der Waals surface area contributed by atoms with Gasteiger partial charge in [0.2, 0.25) is 0 Å². The molecule has 1 aromatic heterocycles. The number of hydrogen-bond acceptors (Lipinski definition) is 3. The maximum Gasteiger partial charge on any atom is 0.337 e. The van der Waals surface area contributed by atoms with E-state index in [0.29, 0.717) is 12.1 Å². The highest BCUT2D eigenvalue weighted by molar-refractivity contribution is 5.91. The molecule has 24 heavy (non-hydrogen) atoms. The zero-order chi connectivity index (χ0) is 16.9. The monoisotopic (exact) mass is 318 g/mol. The first kappa shape index (κ1) is 15.7. The summed E-state index contributed by atoms with van der Waals surface area (Å²) in [6, 6.07) is 17.4. The Kier molecular flexibility index (Phi) is 4.57. The number of imidazole rings is 1. The molecular weight excluding hydrogens is 300 g/mol. The van der Waals surface area contributed by atoms with E-state index >= 15 is 0 Å². The van der Waals surface area contributed by atoms with Crippen LogP contribution < -0.4 is 0 Å². The first-order valence-electron chi connectivity index (χ1n) is 7.62. The number of carbonyl (C=O) groups is 1. The van der Waals surface area contributed by atoms with Gasteiger partial charge in [-0.1, -0.05) is 49.0 Å². The number of methoxy groups -OCH3 is 1. The standard InChI is InChI=1S/C20H18N2O2/c1-15(17-9-6-10-18(13-17)20(23)24-2)19-21-11-12-22(19)14-16-7-4-3-5-8-16/h3-13H,1,14H2,2H3. The van der Waals surface area contributed by atoms with E-state index in [9.17, 15) is 4.79 Å². The molecule has 0 atom stereocenters. The summed E-state index contributed by atoms with van der Waals surface area (Å²) in [7, 11) is 1.37. The number of rotatable bonds is 5. The summed E-state index contributed by atoms with van der Waals surface area (Å²) < 4.78 is 6.82. The maximum atomic E-state index is 11.7. The van der Waals surface area contributed by atoms with E-state index in [0.717, 1.165) is 17.0 Å². The van der Waals surface area contributed by atoms with Crippen LogP contribution in [0.5, 0.6) is 0 Å². The normalized spacial score (nSPS) is 10.4. The Bertz CT molecular complexity index is 866. The Morgan fingerprint density at radius 2 is 1.88 bits per heavy atom. The van der Waals surface area contributed by atoms with Gasteiger partial charge >= 0.3 is 5.97 Å². The fraction of sp³-hybridized carbons (Fsp3) is 0.100. The molecule has 0 spiro atoms. The maximum absolute atomic E-state index is 11.7. The van der Waals surface area contributed by atoms with E-state index in [1.807, 2.05) is 41.1 Å². The fourth-order valence-electron chi connectivity index (χ4n) is 2.57. The second-order valence-corrected chi connectivity index (χ2v) is 5.42. The molecule has 3 rings (SSSR count). The third-order valence-electron chi connectivity index (χ3n) is 3.81. The zero-order valence-electron chi connectivity index (χ0n) is 13.5. The van der Waals surface area contributed by atoms with Crippen molar-refractivity contribution in [3.8, 4) is 0 Å². The summed E-state index contributed by atoms with van der Waals surface area (Å²) in [6.07, 6.45) is 3.69. The average molecular weight is 318 g/mol. The Morgan fingerprint density at radius 1 is 1.12 bits per heavy atom. The molecule has 2 aromatic carbocycles. The van der Waals surface area contributed by atoms with Crippen LogP contribution in [0.3, 0.4) is 0 Å². The van der Waals surface area contributed by atoms with Crippen LogP contribution in [0.1, 0.15) is 27.3 Å².